The highest BCUT2D eigenvalue weighted by atomic mass is 35.5. The molecular weight excluding hydrogens is 392 g/mol. The van der Waals surface area contributed by atoms with Gasteiger partial charge in [-0.05, 0) is 54.6 Å². The Morgan fingerprint density at radius 1 is 1.11 bits per heavy atom. The first-order valence-corrected chi connectivity index (χ1v) is 10.6. The van der Waals surface area contributed by atoms with E-state index in [1.165, 1.54) is 31.0 Å². The van der Waals surface area contributed by atoms with E-state index in [0.717, 1.165) is 23.4 Å². The van der Waals surface area contributed by atoms with Crippen molar-refractivity contribution in [2.45, 2.75) is 32.6 Å². The molecule has 1 N–H and O–H groups in total. The summed E-state index contributed by atoms with van der Waals surface area (Å²) in [6.45, 7) is 2.87. The standard InChI is InChI=1S/C22H23ClN2O2S/c1-2-3-4-7-14-27-19-9-6-5-8-16(19)15-20-21(26)25-22(28-20)24-18-12-10-17(23)11-13-18/h5-6,8-13,15H,2-4,7,14H2,1H3,(H,24,25,26)/b20-15-. The molecule has 2 aromatic rings. The predicted molar refractivity (Wildman–Crippen MR) is 118 cm³/mol. The van der Waals surface area contributed by atoms with E-state index in [9.17, 15) is 4.79 Å². The Bertz CT molecular complexity index is 878. The Balaban J connectivity index is 1.69. The van der Waals surface area contributed by atoms with Crippen LogP contribution >= 0.6 is 23.4 Å². The maximum Gasteiger partial charge on any atom is 0.264 e. The summed E-state index contributed by atoms with van der Waals surface area (Å²) in [6.07, 6.45) is 6.48. The van der Waals surface area contributed by atoms with E-state index in [-0.39, 0.29) is 5.91 Å². The van der Waals surface area contributed by atoms with Crippen molar-refractivity contribution in [3.8, 4) is 5.75 Å². The molecule has 0 atom stereocenters. The molecule has 0 aromatic heterocycles. The number of benzene rings is 2. The number of para-hydroxylation sites is 1. The number of nitrogens with zero attached hydrogens (tertiary/aromatic N) is 1. The molecule has 0 spiro atoms. The Morgan fingerprint density at radius 2 is 1.89 bits per heavy atom. The van der Waals surface area contributed by atoms with Gasteiger partial charge in [0.2, 0.25) is 0 Å². The lowest BCUT2D eigenvalue weighted by Gasteiger charge is -2.09. The largest absolute Gasteiger partial charge is 0.493 e. The third-order valence-corrected chi connectivity index (χ3v) is 5.33. The number of hydrogen-bond acceptors (Lipinski definition) is 4. The summed E-state index contributed by atoms with van der Waals surface area (Å²) in [7, 11) is 0. The number of ether oxygens (including phenoxy) is 1. The van der Waals surface area contributed by atoms with Gasteiger partial charge in [-0.2, -0.15) is 0 Å². The van der Waals surface area contributed by atoms with Gasteiger partial charge in [0.1, 0.15) is 5.75 Å². The normalized spacial score (nSPS) is 16.6. The van der Waals surface area contributed by atoms with Crippen molar-refractivity contribution in [1.29, 1.82) is 0 Å². The van der Waals surface area contributed by atoms with Crippen LogP contribution in [0.3, 0.4) is 0 Å². The summed E-state index contributed by atoms with van der Waals surface area (Å²) < 4.78 is 5.93. The number of hydrogen-bond donors (Lipinski definition) is 1. The molecule has 146 valence electrons. The average molecular weight is 415 g/mol. The van der Waals surface area contributed by atoms with Crippen LogP contribution in [-0.2, 0) is 4.79 Å². The lowest BCUT2D eigenvalue weighted by Crippen LogP contribution is -2.19. The number of amides is 1. The van der Waals surface area contributed by atoms with E-state index in [1.807, 2.05) is 42.5 Å². The minimum absolute atomic E-state index is 0.157. The highest BCUT2D eigenvalue weighted by molar-refractivity contribution is 8.18. The number of halogens is 1. The molecule has 2 aromatic carbocycles. The summed E-state index contributed by atoms with van der Waals surface area (Å²) >= 11 is 7.21. The highest BCUT2D eigenvalue weighted by Crippen LogP contribution is 2.30. The Hall–Kier alpha value is -2.24. The van der Waals surface area contributed by atoms with Crippen LogP contribution in [0.5, 0.6) is 5.75 Å². The second kappa shape index (κ2) is 10.3. The molecule has 1 saturated heterocycles. The Labute approximate surface area is 175 Å². The van der Waals surface area contributed by atoms with Crippen LogP contribution in [0, 0.1) is 0 Å². The first-order valence-electron chi connectivity index (χ1n) is 9.42. The van der Waals surface area contributed by atoms with Gasteiger partial charge in [0, 0.05) is 10.6 Å². The van der Waals surface area contributed by atoms with Gasteiger partial charge in [0.25, 0.3) is 5.91 Å². The monoisotopic (exact) mass is 414 g/mol. The van der Waals surface area contributed by atoms with Crippen molar-refractivity contribution >= 4 is 46.2 Å². The van der Waals surface area contributed by atoms with Gasteiger partial charge in [-0.3, -0.25) is 4.79 Å². The number of carbonyl (C=O) groups excluding carboxylic acids is 1. The summed E-state index contributed by atoms with van der Waals surface area (Å²) in [6, 6.07) is 14.9. The van der Waals surface area contributed by atoms with E-state index >= 15 is 0 Å². The number of thioether (sulfide) groups is 1. The van der Waals surface area contributed by atoms with Crippen LogP contribution in [0.2, 0.25) is 5.02 Å². The second-order valence-electron chi connectivity index (χ2n) is 6.41. The molecule has 1 amide bonds. The van der Waals surface area contributed by atoms with E-state index in [2.05, 4.69) is 17.2 Å². The number of aliphatic imine (C=N–C) groups is 1. The zero-order chi connectivity index (χ0) is 19.8. The van der Waals surface area contributed by atoms with Crippen LogP contribution in [0.25, 0.3) is 6.08 Å². The number of nitrogens with one attached hydrogen (secondary N) is 1. The number of amidine groups is 1. The number of unbranched alkanes of at least 4 members (excludes halogenated alkanes) is 3. The molecule has 0 unspecified atom stereocenters. The van der Waals surface area contributed by atoms with Gasteiger partial charge in [-0.15, -0.1) is 0 Å². The molecule has 28 heavy (non-hydrogen) atoms. The van der Waals surface area contributed by atoms with Crippen LogP contribution in [0.4, 0.5) is 5.69 Å². The Morgan fingerprint density at radius 3 is 2.68 bits per heavy atom. The molecule has 1 aliphatic rings. The summed E-state index contributed by atoms with van der Waals surface area (Å²) in [4.78, 5) is 17.4. The highest BCUT2D eigenvalue weighted by Gasteiger charge is 2.24. The smallest absolute Gasteiger partial charge is 0.264 e. The van der Waals surface area contributed by atoms with E-state index in [1.54, 1.807) is 12.1 Å². The molecule has 1 aliphatic heterocycles. The quantitative estimate of drug-likeness (QED) is 0.413. The van der Waals surface area contributed by atoms with Gasteiger partial charge in [0.05, 0.1) is 17.2 Å². The van der Waals surface area contributed by atoms with Gasteiger partial charge < -0.3 is 10.1 Å². The van der Waals surface area contributed by atoms with E-state index < -0.39 is 0 Å². The van der Waals surface area contributed by atoms with Crippen molar-refractivity contribution in [2.24, 2.45) is 4.99 Å². The maximum absolute atomic E-state index is 12.3. The fourth-order valence-corrected chi connectivity index (χ4v) is 3.66. The fourth-order valence-electron chi connectivity index (χ4n) is 2.70. The number of carbonyl (C=O) groups is 1. The lowest BCUT2D eigenvalue weighted by molar-refractivity contribution is -0.115. The lowest BCUT2D eigenvalue weighted by atomic mass is 10.2. The summed E-state index contributed by atoms with van der Waals surface area (Å²) in [5, 5.41) is 4.01. The predicted octanol–water partition coefficient (Wildman–Crippen LogP) is 6.19. The molecule has 3 rings (SSSR count). The van der Waals surface area contributed by atoms with E-state index in [4.69, 9.17) is 16.3 Å². The van der Waals surface area contributed by atoms with Crippen LogP contribution in [-0.4, -0.2) is 17.7 Å². The van der Waals surface area contributed by atoms with Crippen molar-refractivity contribution < 1.29 is 9.53 Å². The van der Waals surface area contributed by atoms with Crippen LogP contribution < -0.4 is 10.1 Å². The topological polar surface area (TPSA) is 50.7 Å². The first-order chi connectivity index (χ1) is 13.7. The van der Waals surface area contributed by atoms with Crippen molar-refractivity contribution in [3.05, 3.63) is 64.0 Å². The minimum atomic E-state index is -0.157. The molecule has 1 fully saturated rings. The van der Waals surface area contributed by atoms with Crippen molar-refractivity contribution in [3.63, 3.8) is 0 Å². The molecule has 0 bridgehead atoms. The van der Waals surface area contributed by atoms with Gasteiger partial charge in [-0.1, -0.05) is 56.0 Å². The fraction of sp³-hybridized carbons (Fsp3) is 0.273. The molecule has 0 saturated carbocycles. The van der Waals surface area contributed by atoms with Crippen molar-refractivity contribution in [2.75, 3.05) is 6.61 Å². The first kappa shape index (κ1) is 20.5. The van der Waals surface area contributed by atoms with Crippen molar-refractivity contribution in [1.82, 2.24) is 5.32 Å². The molecule has 4 nitrogen and oxygen atoms in total. The third kappa shape index (κ3) is 5.88. The second-order valence-corrected chi connectivity index (χ2v) is 7.87. The zero-order valence-corrected chi connectivity index (χ0v) is 17.4. The number of rotatable bonds is 8. The van der Waals surface area contributed by atoms with Gasteiger partial charge in [0.15, 0.2) is 5.17 Å². The third-order valence-electron chi connectivity index (χ3n) is 4.17. The molecular formula is C22H23ClN2O2S. The summed E-state index contributed by atoms with van der Waals surface area (Å²) in [5.74, 6) is 0.637. The molecule has 0 radical (unpaired) electrons. The molecule has 6 heteroatoms. The maximum atomic E-state index is 12.3. The average Bonchev–Trinajstić information content (AvgIpc) is 3.03. The zero-order valence-electron chi connectivity index (χ0n) is 15.8. The SMILES string of the molecule is CCCCCCOc1ccccc1/C=C1\SC(=Nc2ccc(Cl)cc2)NC1=O. The Kier molecular flexibility index (Phi) is 7.57. The summed E-state index contributed by atoms with van der Waals surface area (Å²) in [5.41, 5.74) is 1.63. The van der Waals surface area contributed by atoms with Gasteiger partial charge >= 0.3 is 0 Å². The minimum Gasteiger partial charge on any atom is -0.493 e. The van der Waals surface area contributed by atoms with E-state index in [0.29, 0.717) is 21.7 Å². The molecule has 0 aliphatic carbocycles. The van der Waals surface area contributed by atoms with Crippen LogP contribution in [0.1, 0.15) is 38.2 Å². The van der Waals surface area contributed by atoms with Crippen LogP contribution in [0.15, 0.2) is 58.4 Å². The molecule has 1 heterocycles. The van der Waals surface area contributed by atoms with Gasteiger partial charge in [-0.25, -0.2) is 4.99 Å².